The predicted octanol–water partition coefficient (Wildman–Crippen LogP) is 9.29. The Kier molecular flexibility index (Phi) is 5.22. The first kappa shape index (κ1) is 23.8. The molecule has 194 valence electrons. The van der Waals surface area contributed by atoms with Crippen molar-refractivity contribution in [2.75, 3.05) is 0 Å². The summed E-state index contributed by atoms with van der Waals surface area (Å²) in [6.07, 6.45) is 0. The van der Waals surface area contributed by atoms with E-state index in [1.165, 1.54) is 10.8 Å². The van der Waals surface area contributed by atoms with Crippen LogP contribution in [-0.2, 0) is 0 Å². The normalized spacial score (nSPS) is 11.3. The first-order chi connectivity index (χ1) is 20.8. The molecule has 0 saturated carbocycles. The zero-order valence-corrected chi connectivity index (χ0v) is 22.5. The molecule has 4 nitrogen and oxygen atoms in total. The van der Waals surface area contributed by atoms with Gasteiger partial charge in [0.25, 0.3) is 0 Å². The molecule has 0 bridgehead atoms. The monoisotopic (exact) mass is 534 g/mol. The van der Waals surface area contributed by atoms with Crippen LogP contribution in [0.3, 0.4) is 0 Å². The number of aromatic nitrogens is 2. The fourth-order valence-corrected chi connectivity index (χ4v) is 6.39. The highest BCUT2D eigenvalue weighted by Gasteiger charge is 2.21. The Balaban J connectivity index is 1.52. The summed E-state index contributed by atoms with van der Waals surface area (Å²) in [7, 11) is 0. The average Bonchev–Trinajstić information content (AvgIpc) is 3.57. The van der Waals surface area contributed by atoms with Crippen LogP contribution in [-0.4, -0.2) is 9.13 Å². The second kappa shape index (κ2) is 9.24. The summed E-state index contributed by atoms with van der Waals surface area (Å²) < 4.78 is 4.53. The van der Waals surface area contributed by atoms with Crippen molar-refractivity contribution in [2.45, 2.75) is 0 Å². The summed E-state index contributed by atoms with van der Waals surface area (Å²) in [5.74, 6) is 0. The lowest BCUT2D eigenvalue weighted by atomic mass is 9.97. The molecule has 4 heteroatoms. The van der Waals surface area contributed by atoms with Gasteiger partial charge >= 0.3 is 0 Å². The van der Waals surface area contributed by atoms with Gasteiger partial charge in [0.05, 0.1) is 56.7 Å². The highest BCUT2D eigenvalue weighted by Crippen LogP contribution is 2.41. The second-order valence-corrected chi connectivity index (χ2v) is 10.4. The van der Waals surface area contributed by atoms with Crippen molar-refractivity contribution in [3.05, 3.63) is 145 Å². The fraction of sp³-hybridized carbons (Fsp3) is 0. The highest BCUT2D eigenvalue weighted by molar-refractivity contribution is 6.11. The van der Waals surface area contributed by atoms with Crippen LogP contribution in [0.2, 0.25) is 0 Å². The number of nitrogens with zero attached hydrogens (tertiary/aromatic N) is 4. The summed E-state index contributed by atoms with van der Waals surface area (Å²) >= 11 is 0. The van der Waals surface area contributed by atoms with Gasteiger partial charge in [0, 0.05) is 32.7 Å². The molecule has 0 atom stereocenters. The molecule has 0 aliphatic rings. The molecule has 0 amide bonds. The van der Waals surface area contributed by atoms with Crippen molar-refractivity contribution in [3.8, 4) is 34.6 Å². The number of hydrogen-bond acceptors (Lipinski definition) is 2. The van der Waals surface area contributed by atoms with Gasteiger partial charge in [-0.2, -0.15) is 10.5 Å². The van der Waals surface area contributed by atoms with Crippen LogP contribution in [0, 0.1) is 22.7 Å². The largest absolute Gasteiger partial charge is 0.309 e. The summed E-state index contributed by atoms with van der Waals surface area (Å²) in [4.78, 5) is 0. The van der Waals surface area contributed by atoms with Crippen molar-refractivity contribution in [3.63, 3.8) is 0 Å². The second-order valence-electron chi connectivity index (χ2n) is 10.4. The van der Waals surface area contributed by atoms with Crippen molar-refractivity contribution in [1.29, 1.82) is 10.5 Å². The van der Waals surface area contributed by atoms with E-state index in [2.05, 4.69) is 106 Å². The molecule has 0 unspecified atom stereocenters. The lowest BCUT2D eigenvalue weighted by molar-refractivity contribution is 1.16. The minimum atomic E-state index is 0.575. The molecule has 8 aromatic rings. The maximum atomic E-state index is 9.99. The van der Waals surface area contributed by atoms with Crippen LogP contribution >= 0.6 is 0 Å². The Bertz CT molecular complexity index is 2340. The van der Waals surface area contributed by atoms with Gasteiger partial charge in [-0.25, -0.2) is 0 Å². The highest BCUT2D eigenvalue weighted by atomic mass is 15.0. The van der Waals surface area contributed by atoms with Crippen LogP contribution in [0.4, 0.5) is 0 Å². The Morgan fingerprint density at radius 3 is 1.26 bits per heavy atom. The zero-order valence-electron chi connectivity index (χ0n) is 22.5. The Hall–Kier alpha value is -6.10. The van der Waals surface area contributed by atoms with E-state index < -0.39 is 0 Å². The minimum Gasteiger partial charge on any atom is -0.309 e. The summed E-state index contributed by atoms with van der Waals surface area (Å²) in [6.45, 7) is 0. The van der Waals surface area contributed by atoms with E-state index in [0.29, 0.717) is 11.1 Å². The summed E-state index contributed by atoms with van der Waals surface area (Å²) in [6, 6.07) is 50.0. The minimum absolute atomic E-state index is 0.575. The van der Waals surface area contributed by atoms with Crippen molar-refractivity contribution in [1.82, 2.24) is 9.13 Å². The van der Waals surface area contributed by atoms with E-state index in [0.717, 1.165) is 55.3 Å². The van der Waals surface area contributed by atoms with Crippen LogP contribution in [0.15, 0.2) is 133 Å². The molecule has 8 rings (SSSR count). The van der Waals surface area contributed by atoms with E-state index in [4.69, 9.17) is 0 Å². The van der Waals surface area contributed by atoms with E-state index in [1.54, 1.807) is 0 Å². The number of para-hydroxylation sites is 4. The quantitative estimate of drug-likeness (QED) is 0.227. The number of benzene rings is 6. The Morgan fingerprint density at radius 2 is 0.786 bits per heavy atom. The molecule has 42 heavy (non-hydrogen) atoms. The third kappa shape index (κ3) is 3.40. The first-order valence-electron chi connectivity index (χ1n) is 13.8. The zero-order chi connectivity index (χ0) is 28.2. The lowest BCUT2D eigenvalue weighted by Crippen LogP contribution is -2.02. The van der Waals surface area contributed by atoms with Crippen LogP contribution in [0.1, 0.15) is 11.1 Å². The molecular formula is C38H22N4. The van der Waals surface area contributed by atoms with Gasteiger partial charge in [-0.15, -0.1) is 0 Å². The van der Waals surface area contributed by atoms with Gasteiger partial charge in [0.1, 0.15) is 0 Å². The summed E-state index contributed by atoms with van der Waals surface area (Å²) in [5.41, 5.74) is 9.18. The van der Waals surface area contributed by atoms with Gasteiger partial charge in [0.2, 0.25) is 0 Å². The van der Waals surface area contributed by atoms with Crippen molar-refractivity contribution >= 4 is 43.6 Å². The van der Waals surface area contributed by atoms with E-state index in [-0.39, 0.29) is 0 Å². The number of rotatable bonds is 3. The first-order valence-corrected chi connectivity index (χ1v) is 13.8. The molecule has 0 saturated heterocycles. The number of fused-ring (bicyclic) bond motifs is 6. The molecule has 0 aliphatic carbocycles. The van der Waals surface area contributed by atoms with Crippen molar-refractivity contribution < 1.29 is 0 Å². The van der Waals surface area contributed by atoms with E-state index >= 15 is 0 Å². The average molecular weight is 535 g/mol. The topological polar surface area (TPSA) is 57.4 Å². The van der Waals surface area contributed by atoms with E-state index in [9.17, 15) is 10.5 Å². The molecule has 0 N–H and O–H groups in total. The lowest BCUT2D eigenvalue weighted by Gasteiger charge is -2.19. The SMILES string of the molecule is N#Cc1ccc(-n2c3ccccc3c3ccccc32)c(-c2ccc(C#N)cc2-n2c3ccccc3c3ccccc32)c1. The molecule has 0 aliphatic heterocycles. The van der Waals surface area contributed by atoms with Gasteiger partial charge < -0.3 is 9.13 Å². The third-order valence-corrected chi connectivity index (χ3v) is 8.18. The molecular weight excluding hydrogens is 512 g/mol. The van der Waals surface area contributed by atoms with Crippen molar-refractivity contribution in [2.24, 2.45) is 0 Å². The fourth-order valence-electron chi connectivity index (χ4n) is 6.39. The van der Waals surface area contributed by atoms with E-state index in [1.807, 2.05) is 48.5 Å². The number of hydrogen-bond donors (Lipinski definition) is 0. The molecule has 6 aromatic carbocycles. The maximum Gasteiger partial charge on any atom is 0.0992 e. The Morgan fingerprint density at radius 1 is 0.381 bits per heavy atom. The standard InChI is InChI=1S/C38H22N4/c39-23-25-18-20-37(41-33-13-5-1-9-27(33)28-10-2-6-14-34(28)41)32(21-25)31-19-17-26(24-40)22-38(31)42-35-15-7-3-11-29(35)30-12-4-8-16-36(30)42/h1-22H. The third-order valence-electron chi connectivity index (χ3n) is 8.18. The number of nitriles is 2. The maximum absolute atomic E-state index is 9.99. The van der Waals surface area contributed by atoms with Crippen LogP contribution < -0.4 is 0 Å². The van der Waals surface area contributed by atoms with Gasteiger partial charge in [-0.3, -0.25) is 0 Å². The Labute approximate surface area is 242 Å². The van der Waals surface area contributed by atoms with Gasteiger partial charge in [-0.05, 0) is 54.6 Å². The van der Waals surface area contributed by atoms with Gasteiger partial charge in [0.15, 0.2) is 0 Å². The molecule has 0 radical (unpaired) electrons. The van der Waals surface area contributed by atoms with Crippen LogP contribution in [0.5, 0.6) is 0 Å². The molecule has 2 aromatic heterocycles. The molecule has 0 spiro atoms. The predicted molar refractivity (Wildman–Crippen MR) is 170 cm³/mol. The smallest absolute Gasteiger partial charge is 0.0992 e. The summed E-state index contributed by atoms with van der Waals surface area (Å²) in [5, 5.41) is 24.6. The molecule has 2 heterocycles. The molecule has 0 fully saturated rings. The van der Waals surface area contributed by atoms with Gasteiger partial charge in [-0.1, -0.05) is 78.9 Å². The van der Waals surface area contributed by atoms with Crippen LogP contribution in [0.25, 0.3) is 66.1 Å².